The lowest BCUT2D eigenvalue weighted by Gasteiger charge is -2.15. The topological polar surface area (TPSA) is 21.3 Å². The van der Waals surface area contributed by atoms with Crippen molar-refractivity contribution in [3.05, 3.63) is 0 Å². The second kappa shape index (κ2) is 9.71. The monoisotopic (exact) mass is 255 g/mol. The Morgan fingerprint density at radius 1 is 1.24 bits per heavy atom. The summed E-state index contributed by atoms with van der Waals surface area (Å²) in [5.74, 6) is 0.538. The van der Waals surface area contributed by atoms with Gasteiger partial charge in [0.2, 0.25) is 0 Å². The molecular weight excluding hydrogens is 231 g/mol. The molecule has 5 heteroatoms. The van der Waals surface area contributed by atoms with Crippen molar-refractivity contribution in [3.8, 4) is 0 Å². The van der Waals surface area contributed by atoms with Crippen molar-refractivity contribution in [2.75, 3.05) is 26.3 Å². The Labute approximate surface area is 102 Å². The molecule has 0 aliphatic rings. The minimum Gasteiger partial charge on any atom is -0.372 e. The highest BCUT2D eigenvalue weighted by molar-refractivity contribution is 4.61. The van der Waals surface area contributed by atoms with Gasteiger partial charge in [-0.15, -0.1) is 0 Å². The summed E-state index contributed by atoms with van der Waals surface area (Å²) in [7, 11) is 0. The van der Waals surface area contributed by atoms with Gasteiger partial charge in [-0.3, -0.25) is 0 Å². The van der Waals surface area contributed by atoms with E-state index in [-0.39, 0.29) is 6.61 Å². The van der Waals surface area contributed by atoms with Gasteiger partial charge in [-0.2, -0.15) is 13.2 Å². The fourth-order valence-electron chi connectivity index (χ4n) is 1.60. The maximum absolute atomic E-state index is 11.8. The molecule has 0 amide bonds. The largest absolute Gasteiger partial charge is 0.411 e. The first-order valence-electron chi connectivity index (χ1n) is 6.34. The zero-order valence-electron chi connectivity index (χ0n) is 10.8. The van der Waals surface area contributed by atoms with Crippen LogP contribution in [0.25, 0.3) is 0 Å². The lowest BCUT2D eigenvalue weighted by molar-refractivity contribution is -0.174. The summed E-state index contributed by atoms with van der Waals surface area (Å²) in [5, 5.41) is 3.33. The molecule has 0 aliphatic carbocycles. The van der Waals surface area contributed by atoms with Crippen molar-refractivity contribution < 1.29 is 17.9 Å². The number of alkyl halides is 3. The van der Waals surface area contributed by atoms with E-state index in [9.17, 15) is 13.2 Å². The van der Waals surface area contributed by atoms with E-state index in [0.717, 1.165) is 32.4 Å². The molecule has 0 radical (unpaired) electrons. The summed E-state index contributed by atoms with van der Waals surface area (Å²) in [4.78, 5) is 0. The Kier molecular flexibility index (Phi) is 9.55. The van der Waals surface area contributed by atoms with Gasteiger partial charge in [0.05, 0.1) is 0 Å². The second-order valence-electron chi connectivity index (χ2n) is 4.29. The highest BCUT2D eigenvalue weighted by Gasteiger charge is 2.27. The third-order valence-corrected chi connectivity index (χ3v) is 2.60. The third-order valence-electron chi connectivity index (χ3n) is 2.60. The van der Waals surface area contributed by atoms with Gasteiger partial charge in [0, 0.05) is 6.61 Å². The number of nitrogens with one attached hydrogen (secondary N) is 1. The van der Waals surface area contributed by atoms with E-state index in [1.807, 2.05) is 0 Å². The number of hydrogen-bond donors (Lipinski definition) is 1. The SMILES string of the molecule is CCCNCC(CC)CCCOCC(F)(F)F. The Morgan fingerprint density at radius 3 is 2.47 bits per heavy atom. The van der Waals surface area contributed by atoms with E-state index in [1.165, 1.54) is 0 Å². The Morgan fingerprint density at radius 2 is 1.94 bits per heavy atom. The maximum atomic E-state index is 11.8. The lowest BCUT2D eigenvalue weighted by Crippen LogP contribution is -2.23. The van der Waals surface area contributed by atoms with Crippen molar-refractivity contribution in [1.82, 2.24) is 5.32 Å². The molecule has 0 saturated heterocycles. The Hall–Kier alpha value is -0.290. The molecule has 0 bridgehead atoms. The van der Waals surface area contributed by atoms with Crippen molar-refractivity contribution in [2.24, 2.45) is 5.92 Å². The highest BCUT2D eigenvalue weighted by atomic mass is 19.4. The van der Waals surface area contributed by atoms with Crippen LogP contribution >= 0.6 is 0 Å². The minimum atomic E-state index is -4.20. The van der Waals surface area contributed by atoms with Gasteiger partial charge in [-0.25, -0.2) is 0 Å². The van der Waals surface area contributed by atoms with Gasteiger partial charge < -0.3 is 10.1 Å². The van der Waals surface area contributed by atoms with Crippen LogP contribution in [0.2, 0.25) is 0 Å². The molecule has 0 rings (SSSR count). The van der Waals surface area contributed by atoms with E-state index >= 15 is 0 Å². The Balaban J connectivity index is 3.43. The fourth-order valence-corrected chi connectivity index (χ4v) is 1.60. The molecule has 0 fully saturated rings. The van der Waals surface area contributed by atoms with E-state index in [4.69, 9.17) is 0 Å². The number of hydrogen-bond acceptors (Lipinski definition) is 2. The first-order valence-corrected chi connectivity index (χ1v) is 6.34. The van der Waals surface area contributed by atoms with Crippen molar-refractivity contribution in [3.63, 3.8) is 0 Å². The molecular formula is C12H24F3NO. The van der Waals surface area contributed by atoms with Gasteiger partial charge in [-0.05, 0) is 38.3 Å². The number of rotatable bonds is 10. The van der Waals surface area contributed by atoms with Crippen LogP contribution in [0, 0.1) is 5.92 Å². The fraction of sp³-hybridized carbons (Fsp3) is 1.00. The van der Waals surface area contributed by atoms with Crippen LogP contribution in [0.1, 0.15) is 39.5 Å². The first-order chi connectivity index (χ1) is 7.99. The molecule has 2 nitrogen and oxygen atoms in total. The van der Waals surface area contributed by atoms with Crippen LogP contribution in [0.4, 0.5) is 13.2 Å². The average molecular weight is 255 g/mol. The van der Waals surface area contributed by atoms with Crippen LogP contribution in [0.5, 0.6) is 0 Å². The lowest BCUT2D eigenvalue weighted by atomic mass is 10.0. The first kappa shape index (κ1) is 16.7. The molecule has 104 valence electrons. The smallest absolute Gasteiger partial charge is 0.372 e. The summed E-state index contributed by atoms with van der Waals surface area (Å²) in [6.07, 6.45) is -0.429. The van der Waals surface area contributed by atoms with E-state index in [0.29, 0.717) is 12.3 Å². The van der Waals surface area contributed by atoms with Crippen molar-refractivity contribution in [1.29, 1.82) is 0 Å². The van der Waals surface area contributed by atoms with Gasteiger partial charge in [-0.1, -0.05) is 20.3 Å². The normalized spacial score (nSPS) is 13.9. The van der Waals surface area contributed by atoms with E-state index < -0.39 is 12.8 Å². The zero-order chi connectivity index (χ0) is 13.1. The average Bonchev–Trinajstić information content (AvgIpc) is 2.25. The van der Waals surface area contributed by atoms with Crippen LogP contribution in [-0.2, 0) is 4.74 Å². The summed E-state index contributed by atoms with van der Waals surface area (Å²) >= 11 is 0. The van der Waals surface area contributed by atoms with Crippen molar-refractivity contribution >= 4 is 0 Å². The van der Waals surface area contributed by atoms with Crippen LogP contribution in [0.15, 0.2) is 0 Å². The molecule has 17 heavy (non-hydrogen) atoms. The van der Waals surface area contributed by atoms with Gasteiger partial charge in [0.25, 0.3) is 0 Å². The van der Waals surface area contributed by atoms with Gasteiger partial charge >= 0.3 is 6.18 Å². The standard InChI is InChI=1S/C12H24F3NO/c1-3-7-16-9-11(4-2)6-5-8-17-10-12(13,14)15/h11,16H,3-10H2,1-2H3. The summed E-state index contributed by atoms with van der Waals surface area (Å²) in [6.45, 7) is 5.24. The molecule has 0 aromatic carbocycles. The number of halogens is 3. The minimum absolute atomic E-state index is 0.198. The van der Waals surface area contributed by atoms with E-state index in [1.54, 1.807) is 0 Å². The molecule has 1 N–H and O–H groups in total. The van der Waals surface area contributed by atoms with Gasteiger partial charge in [0.15, 0.2) is 0 Å². The molecule has 0 saturated carbocycles. The third kappa shape index (κ3) is 12.0. The van der Waals surface area contributed by atoms with Crippen LogP contribution < -0.4 is 5.32 Å². The zero-order valence-corrected chi connectivity index (χ0v) is 10.8. The summed E-state index contributed by atoms with van der Waals surface area (Å²) in [5.41, 5.74) is 0. The van der Waals surface area contributed by atoms with Crippen LogP contribution in [-0.4, -0.2) is 32.5 Å². The molecule has 1 unspecified atom stereocenters. The molecule has 0 aliphatic heterocycles. The summed E-state index contributed by atoms with van der Waals surface area (Å²) < 4.78 is 39.9. The highest BCUT2D eigenvalue weighted by Crippen LogP contribution is 2.15. The van der Waals surface area contributed by atoms with Crippen LogP contribution in [0.3, 0.4) is 0 Å². The molecule has 1 atom stereocenters. The quantitative estimate of drug-likeness (QED) is 0.604. The molecule has 0 aromatic rings. The Bertz CT molecular complexity index is 174. The second-order valence-corrected chi connectivity index (χ2v) is 4.29. The van der Waals surface area contributed by atoms with E-state index in [2.05, 4.69) is 23.9 Å². The molecule has 0 spiro atoms. The predicted octanol–water partition coefficient (Wildman–Crippen LogP) is 3.37. The molecule has 0 aromatic heterocycles. The summed E-state index contributed by atoms with van der Waals surface area (Å²) in [6, 6.07) is 0. The van der Waals surface area contributed by atoms with Gasteiger partial charge in [0.1, 0.15) is 6.61 Å². The number of ether oxygens (including phenoxy) is 1. The van der Waals surface area contributed by atoms with Crippen molar-refractivity contribution in [2.45, 2.75) is 45.7 Å². The molecule has 0 heterocycles. The maximum Gasteiger partial charge on any atom is 0.411 e. The predicted molar refractivity (Wildman–Crippen MR) is 63.0 cm³/mol.